The lowest BCUT2D eigenvalue weighted by atomic mass is 10.0. The highest BCUT2D eigenvalue weighted by Crippen LogP contribution is 2.35. The SMILES string of the molecule is COc1cc(C(=O)N[C@H]2CNCC[C@@H]2F)cc2nc(-c3cc4ccc5nc4n3CCCCCOC(C)(C)C(=O)N[C@@H]5C)n(C)c12. The third-order valence-corrected chi connectivity index (χ3v) is 8.95. The number of nitrogens with one attached hydrogen (secondary N) is 3. The first-order valence-electron chi connectivity index (χ1n) is 15.7. The van der Waals surface area contributed by atoms with Crippen LogP contribution >= 0.6 is 0 Å². The number of aromatic nitrogens is 4. The number of imidazole rings is 1. The van der Waals surface area contributed by atoms with Crippen LogP contribution < -0.4 is 20.7 Å². The van der Waals surface area contributed by atoms with Gasteiger partial charge in [0.2, 0.25) is 0 Å². The molecule has 45 heavy (non-hydrogen) atoms. The summed E-state index contributed by atoms with van der Waals surface area (Å²) >= 11 is 0. The number of alkyl halides is 1. The largest absolute Gasteiger partial charge is 0.494 e. The fourth-order valence-corrected chi connectivity index (χ4v) is 6.23. The lowest BCUT2D eigenvalue weighted by Gasteiger charge is -2.27. The molecule has 2 aliphatic heterocycles. The van der Waals surface area contributed by atoms with Gasteiger partial charge >= 0.3 is 0 Å². The average Bonchev–Trinajstić information content (AvgIpc) is 3.55. The lowest BCUT2D eigenvalue weighted by molar-refractivity contribution is -0.143. The molecule has 1 aromatic carbocycles. The van der Waals surface area contributed by atoms with Crippen LogP contribution in [0.2, 0.25) is 0 Å². The standard InChI is InChI=1S/C33H42FN7O4/c1-19-23-10-9-20-16-26(41(29(20)37-23)13-7-6-8-14-45-33(2,3)32(43)36-19)30-38-24-15-21(17-27(44-5)28(24)40(30)4)31(42)39-25-18-35-12-11-22(25)34/h9-10,15-17,19,22,25,35H,6-8,11-14,18H2,1-5H3,(H,36,43)(H,39,42)/t19-,22+,25+/m1/s1. The summed E-state index contributed by atoms with van der Waals surface area (Å²) in [6, 6.07) is 8.54. The van der Waals surface area contributed by atoms with E-state index in [1.54, 1.807) is 33.1 Å². The van der Waals surface area contributed by atoms with E-state index < -0.39 is 17.8 Å². The van der Waals surface area contributed by atoms with E-state index in [1.807, 2.05) is 30.7 Å². The van der Waals surface area contributed by atoms with Gasteiger partial charge in [-0.2, -0.15) is 0 Å². The van der Waals surface area contributed by atoms with Crippen molar-refractivity contribution < 1.29 is 23.5 Å². The Kier molecular flexibility index (Phi) is 8.53. The minimum Gasteiger partial charge on any atom is -0.494 e. The van der Waals surface area contributed by atoms with Crippen molar-refractivity contribution in [2.24, 2.45) is 7.05 Å². The Morgan fingerprint density at radius 1 is 1.18 bits per heavy atom. The molecule has 2 amide bonds. The molecule has 3 aromatic heterocycles. The van der Waals surface area contributed by atoms with Crippen LogP contribution in [0, 0.1) is 0 Å². The second kappa shape index (κ2) is 12.4. The van der Waals surface area contributed by atoms with Crippen molar-refractivity contribution in [2.75, 3.05) is 26.8 Å². The van der Waals surface area contributed by atoms with Crippen LogP contribution in [0.3, 0.4) is 0 Å². The van der Waals surface area contributed by atoms with E-state index in [0.717, 1.165) is 47.2 Å². The van der Waals surface area contributed by atoms with E-state index in [4.69, 9.17) is 19.4 Å². The van der Waals surface area contributed by atoms with Gasteiger partial charge in [0, 0.05) is 37.7 Å². The Morgan fingerprint density at radius 2 is 2.00 bits per heavy atom. The number of hydrogen-bond acceptors (Lipinski definition) is 7. The summed E-state index contributed by atoms with van der Waals surface area (Å²) < 4.78 is 30.3. The van der Waals surface area contributed by atoms with E-state index in [-0.39, 0.29) is 17.9 Å². The van der Waals surface area contributed by atoms with Gasteiger partial charge in [-0.1, -0.05) is 0 Å². The summed E-state index contributed by atoms with van der Waals surface area (Å²) in [6.45, 7) is 7.71. The second-order valence-electron chi connectivity index (χ2n) is 12.6. The molecule has 0 unspecified atom stereocenters. The molecule has 3 atom stereocenters. The smallest absolute Gasteiger partial charge is 0.252 e. The number of benzene rings is 1. The minimum absolute atomic E-state index is 0.174. The molecule has 1 saturated heterocycles. The number of fused-ring (bicyclic) bond motifs is 2. The van der Waals surface area contributed by atoms with Crippen LogP contribution in [-0.4, -0.2) is 75.5 Å². The van der Waals surface area contributed by atoms with Gasteiger partial charge in [0.15, 0.2) is 5.82 Å². The number of aryl methyl sites for hydroxylation is 2. The van der Waals surface area contributed by atoms with E-state index in [0.29, 0.717) is 55.3 Å². The zero-order chi connectivity index (χ0) is 31.9. The molecule has 12 heteroatoms. The average molecular weight is 620 g/mol. The van der Waals surface area contributed by atoms with Crippen LogP contribution in [0.25, 0.3) is 33.6 Å². The fraction of sp³-hybridized carbons (Fsp3) is 0.515. The monoisotopic (exact) mass is 619 g/mol. The Bertz CT molecular complexity index is 1750. The van der Waals surface area contributed by atoms with Crippen LogP contribution in [0.15, 0.2) is 30.3 Å². The summed E-state index contributed by atoms with van der Waals surface area (Å²) in [4.78, 5) is 36.3. The second-order valence-corrected chi connectivity index (χ2v) is 12.6. The number of ether oxygens (including phenoxy) is 2. The number of amides is 2. The molecule has 11 nitrogen and oxygen atoms in total. The van der Waals surface area contributed by atoms with Crippen LogP contribution in [-0.2, 0) is 23.1 Å². The highest BCUT2D eigenvalue weighted by atomic mass is 19.1. The molecule has 3 N–H and O–H groups in total. The predicted octanol–water partition coefficient (Wildman–Crippen LogP) is 4.18. The minimum atomic E-state index is -1.10. The molecule has 0 spiro atoms. The Balaban J connectivity index is 1.41. The highest BCUT2D eigenvalue weighted by molar-refractivity contribution is 6.00. The van der Waals surface area contributed by atoms with E-state index in [2.05, 4.69) is 26.6 Å². The molecular weight excluding hydrogens is 577 g/mol. The first-order chi connectivity index (χ1) is 21.6. The molecule has 2 aliphatic rings. The third-order valence-electron chi connectivity index (χ3n) is 8.95. The Labute approximate surface area is 261 Å². The van der Waals surface area contributed by atoms with Gasteiger partial charge < -0.3 is 34.6 Å². The zero-order valence-corrected chi connectivity index (χ0v) is 26.6. The maximum atomic E-state index is 14.5. The summed E-state index contributed by atoms with van der Waals surface area (Å²) in [5, 5.41) is 10.00. The van der Waals surface area contributed by atoms with Gasteiger partial charge in [-0.15, -0.1) is 0 Å². The quantitative estimate of drug-likeness (QED) is 0.313. The van der Waals surface area contributed by atoms with Crippen molar-refractivity contribution in [3.05, 3.63) is 41.6 Å². The van der Waals surface area contributed by atoms with Crippen LogP contribution in [0.5, 0.6) is 5.75 Å². The normalized spacial score (nSPS) is 22.7. The van der Waals surface area contributed by atoms with Gasteiger partial charge in [-0.25, -0.2) is 14.4 Å². The van der Waals surface area contributed by atoms with Gasteiger partial charge in [-0.3, -0.25) is 9.59 Å². The number of methoxy groups -OCH3 is 1. The molecule has 1 fully saturated rings. The Morgan fingerprint density at radius 3 is 2.78 bits per heavy atom. The van der Waals surface area contributed by atoms with Crippen LogP contribution in [0.4, 0.5) is 4.39 Å². The first-order valence-corrected chi connectivity index (χ1v) is 15.7. The number of carbonyl (C=O) groups excluding carboxylic acids is 2. The molecule has 5 heterocycles. The Hall–Kier alpha value is -4.03. The number of halogens is 1. The lowest BCUT2D eigenvalue weighted by Crippen LogP contribution is -2.52. The topological polar surface area (TPSA) is 124 Å². The van der Waals surface area contributed by atoms with E-state index in [9.17, 15) is 14.0 Å². The van der Waals surface area contributed by atoms with Crippen molar-refractivity contribution in [1.29, 1.82) is 0 Å². The van der Waals surface area contributed by atoms with Crippen molar-refractivity contribution in [1.82, 2.24) is 35.1 Å². The molecule has 6 rings (SSSR count). The summed E-state index contributed by atoms with van der Waals surface area (Å²) in [7, 11) is 3.49. The fourth-order valence-electron chi connectivity index (χ4n) is 6.23. The van der Waals surface area contributed by atoms with Crippen molar-refractivity contribution in [3.8, 4) is 17.3 Å². The molecule has 4 aromatic rings. The molecule has 0 aliphatic carbocycles. The molecule has 240 valence electrons. The summed E-state index contributed by atoms with van der Waals surface area (Å²) in [6.07, 6.45) is 1.89. The number of rotatable bonds is 4. The molecule has 2 bridgehead atoms. The van der Waals surface area contributed by atoms with Crippen molar-refractivity contribution in [2.45, 2.75) is 76.9 Å². The number of hydrogen-bond donors (Lipinski definition) is 3. The van der Waals surface area contributed by atoms with Gasteiger partial charge in [0.05, 0.1) is 36.1 Å². The number of carbonyl (C=O) groups is 2. The summed E-state index contributed by atoms with van der Waals surface area (Å²) in [5.41, 5.74) is 3.22. The maximum absolute atomic E-state index is 14.5. The number of pyridine rings is 1. The van der Waals surface area contributed by atoms with Crippen molar-refractivity contribution in [3.63, 3.8) is 0 Å². The summed E-state index contributed by atoms with van der Waals surface area (Å²) in [5.74, 6) is 0.661. The zero-order valence-electron chi connectivity index (χ0n) is 26.6. The molecular formula is C33H42FN7O4. The number of nitrogens with zero attached hydrogens (tertiary/aromatic N) is 4. The van der Waals surface area contributed by atoms with Gasteiger partial charge in [-0.05, 0) is 83.3 Å². The first kappa shape index (κ1) is 31.0. The number of piperidine rings is 1. The molecule has 0 saturated carbocycles. The van der Waals surface area contributed by atoms with Crippen LogP contribution in [0.1, 0.15) is 68.5 Å². The van der Waals surface area contributed by atoms with E-state index >= 15 is 0 Å². The third kappa shape index (κ3) is 6.00. The van der Waals surface area contributed by atoms with E-state index in [1.165, 1.54) is 0 Å². The predicted molar refractivity (Wildman–Crippen MR) is 170 cm³/mol. The molecule has 0 radical (unpaired) electrons. The van der Waals surface area contributed by atoms with Crippen molar-refractivity contribution >= 4 is 33.9 Å². The van der Waals surface area contributed by atoms with Gasteiger partial charge in [0.25, 0.3) is 11.8 Å². The van der Waals surface area contributed by atoms with Gasteiger partial charge in [0.1, 0.15) is 28.7 Å². The highest BCUT2D eigenvalue weighted by Gasteiger charge is 2.31. The maximum Gasteiger partial charge on any atom is 0.252 e.